The Balaban J connectivity index is 3.66. The minimum absolute atomic E-state index is 0.0927. The lowest BCUT2D eigenvalue weighted by molar-refractivity contribution is -0.123. The Labute approximate surface area is 105 Å². The van der Waals surface area contributed by atoms with Gasteiger partial charge in [-0.15, -0.1) is 0 Å². The topological polar surface area (TPSA) is 50.4 Å². The van der Waals surface area contributed by atoms with Gasteiger partial charge in [0, 0.05) is 19.3 Å². The lowest BCUT2D eigenvalue weighted by atomic mass is 10.1. The fraction of sp³-hybridized carbons (Fsp3) is 0.923. The molecule has 102 valence electrons. The number of rotatable bonds is 10. The summed E-state index contributed by atoms with van der Waals surface area (Å²) in [6, 6.07) is 0.174. The first kappa shape index (κ1) is 16.4. The lowest BCUT2D eigenvalue weighted by Gasteiger charge is -2.19. The van der Waals surface area contributed by atoms with Crippen molar-refractivity contribution < 1.29 is 9.53 Å². The van der Waals surface area contributed by atoms with Gasteiger partial charge in [-0.25, -0.2) is 0 Å². The second-order valence-electron chi connectivity index (χ2n) is 4.25. The summed E-state index contributed by atoms with van der Waals surface area (Å²) in [5.41, 5.74) is 0. The summed E-state index contributed by atoms with van der Waals surface area (Å²) < 4.78 is 5.23. The molecule has 0 bridgehead atoms. The van der Waals surface area contributed by atoms with Crippen LogP contribution < -0.4 is 10.6 Å². The van der Waals surface area contributed by atoms with Gasteiger partial charge in [0.15, 0.2) is 0 Å². The third-order valence-corrected chi connectivity index (χ3v) is 2.85. The van der Waals surface area contributed by atoms with Crippen LogP contribution in [0.5, 0.6) is 0 Å². The number of amides is 1. The molecule has 0 heterocycles. The first-order chi connectivity index (χ1) is 8.15. The normalized spacial score (nSPS) is 12.8. The molecule has 0 rings (SSSR count). The van der Waals surface area contributed by atoms with Crippen molar-refractivity contribution in [3.05, 3.63) is 0 Å². The number of nitrogens with one attached hydrogen (secondary N) is 2. The number of ether oxygens (including phenoxy) is 1. The van der Waals surface area contributed by atoms with Crippen molar-refractivity contribution >= 4 is 5.91 Å². The SMILES string of the molecule is CCOCCCNC(C)C(=O)NC(CC)CC. The Morgan fingerprint density at radius 2 is 1.88 bits per heavy atom. The molecule has 17 heavy (non-hydrogen) atoms. The fourth-order valence-corrected chi connectivity index (χ4v) is 1.55. The van der Waals surface area contributed by atoms with Crippen molar-refractivity contribution in [2.45, 2.75) is 59.0 Å². The quantitative estimate of drug-likeness (QED) is 0.575. The molecule has 0 aromatic heterocycles. The molecule has 0 spiro atoms. The number of carbonyl (C=O) groups is 1. The molecule has 0 fully saturated rings. The van der Waals surface area contributed by atoms with E-state index in [-0.39, 0.29) is 11.9 Å². The van der Waals surface area contributed by atoms with Crippen LogP contribution in [-0.4, -0.2) is 37.7 Å². The number of hydrogen-bond donors (Lipinski definition) is 2. The summed E-state index contributed by atoms with van der Waals surface area (Å²) in [6.07, 6.45) is 2.91. The monoisotopic (exact) mass is 244 g/mol. The first-order valence-electron chi connectivity index (χ1n) is 6.77. The summed E-state index contributed by atoms with van der Waals surface area (Å²) in [7, 11) is 0. The molecule has 0 aliphatic heterocycles. The van der Waals surface area contributed by atoms with Gasteiger partial charge in [0.2, 0.25) is 5.91 Å². The van der Waals surface area contributed by atoms with E-state index in [1.807, 2.05) is 13.8 Å². The van der Waals surface area contributed by atoms with Crippen LogP contribution in [0.1, 0.15) is 47.0 Å². The van der Waals surface area contributed by atoms with Crippen LogP contribution in [0.2, 0.25) is 0 Å². The van der Waals surface area contributed by atoms with Crippen LogP contribution in [0, 0.1) is 0 Å². The molecular formula is C13H28N2O2. The minimum Gasteiger partial charge on any atom is -0.382 e. The molecule has 0 aromatic carbocycles. The largest absolute Gasteiger partial charge is 0.382 e. The van der Waals surface area contributed by atoms with Crippen molar-refractivity contribution in [3.63, 3.8) is 0 Å². The average Bonchev–Trinajstić information content (AvgIpc) is 2.35. The van der Waals surface area contributed by atoms with Gasteiger partial charge < -0.3 is 15.4 Å². The van der Waals surface area contributed by atoms with E-state index in [9.17, 15) is 4.79 Å². The van der Waals surface area contributed by atoms with Crippen LogP contribution in [0.25, 0.3) is 0 Å². The summed E-state index contributed by atoms with van der Waals surface area (Å²) >= 11 is 0. The standard InChI is InChI=1S/C13H28N2O2/c1-5-12(6-2)15-13(16)11(4)14-9-8-10-17-7-3/h11-12,14H,5-10H2,1-4H3,(H,15,16). The van der Waals surface area contributed by atoms with E-state index in [2.05, 4.69) is 24.5 Å². The highest BCUT2D eigenvalue weighted by Crippen LogP contribution is 1.97. The number of hydrogen-bond acceptors (Lipinski definition) is 3. The Morgan fingerprint density at radius 1 is 1.24 bits per heavy atom. The van der Waals surface area contributed by atoms with Gasteiger partial charge >= 0.3 is 0 Å². The van der Waals surface area contributed by atoms with Gasteiger partial charge in [-0.05, 0) is 39.7 Å². The van der Waals surface area contributed by atoms with Gasteiger partial charge in [-0.3, -0.25) is 4.79 Å². The van der Waals surface area contributed by atoms with Crippen LogP contribution >= 0.6 is 0 Å². The lowest BCUT2D eigenvalue weighted by Crippen LogP contribution is -2.46. The van der Waals surface area contributed by atoms with Crippen LogP contribution in [0.15, 0.2) is 0 Å². The maximum absolute atomic E-state index is 11.8. The van der Waals surface area contributed by atoms with E-state index >= 15 is 0 Å². The van der Waals surface area contributed by atoms with E-state index in [1.165, 1.54) is 0 Å². The van der Waals surface area contributed by atoms with E-state index in [0.29, 0.717) is 6.04 Å². The Bertz CT molecular complexity index is 194. The second-order valence-corrected chi connectivity index (χ2v) is 4.25. The van der Waals surface area contributed by atoms with Crippen LogP contribution in [0.3, 0.4) is 0 Å². The molecule has 0 saturated heterocycles. The summed E-state index contributed by atoms with van der Waals surface area (Å²) in [6.45, 7) is 10.4. The number of carbonyl (C=O) groups excluding carboxylic acids is 1. The molecule has 0 saturated carbocycles. The third-order valence-electron chi connectivity index (χ3n) is 2.85. The van der Waals surface area contributed by atoms with Gasteiger partial charge in [0.1, 0.15) is 0 Å². The molecule has 0 radical (unpaired) electrons. The highest BCUT2D eigenvalue weighted by molar-refractivity contribution is 5.81. The van der Waals surface area contributed by atoms with Crippen molar-refractivity contribution in [1.82, 2.24) is 10.6 Å². The molecule has 1 amide bonds. The molecule has 0 aromatic rings. The van der Waals surface area contributed by atoms with Gasteiger partial charge in [0.05, 0.1) is 6.04 Å². The zero-order valence-electron chi connectivity index (χ0n) is 11.7. The highest BCUT2D eigenvalue weighted by atomic mass is 16.5. The molecule has 1 unspecified atom stereocenters. The third kappa shape index (κ3) is 8.16. The molecular weight excluding hydrogens is 216 g/mol. The van der Waals surface area contributed by atoms with Crippen molar-refractivity contribution in [2.24, 2.45) is 0 Å². The minimum atomic E-state index is -0.128. The Kier molecular flexibility index (Phi) is 10.2. The van der Waals surface area contributed by atoms with Gasteiger partial charge in [-0.2, -0.15) is 0 Å². The van der Waals surface area contributed by atoms with E-state index in [0.717, 1.165) is 39.0 Å². The Morgan fingerprint density at radius 3 is 2.41 bits per heavy atom. The van der Waals surface area contributed by atoms with Gasteiger partial charge in [0.25, 0.3) is 0 Å². The van der Waals surface area contributed by atoms with E-state index in [1.54, 1.807) is 0 Å². The predicted molar refractivity (Wildman–Crippen MR) is 71.1 cm³/mol. The molecule has 4 nitrogen and oxygen atoms in total. The average molecular weight is 244 g/mol. The summed E-state index contributed by atoms with van der Waals surface area (Å²) in [5, 5.41) is 6.24. The highest BCUT2D eigenvalue weighted by Gasteiger charge is 2.14. The van der Waals surface area contributed by atoms with Crippen LogP contribution in [-0.2, 0) is 9.53 Å². The second kappa shape index (κ2) is 10.5. The zero-order valence-corrected chi connectivity index (χ0v) is 11.7. The smallest absolute Gasteiger partial charge is 0.237 e. The maximum atomic E-state index is 11.8. The van der Waals surface area contributed by atoms with Crippen molar-refractivity contribution in [3.8, 4) is 0 Å². The van der Waals surface area contributed by atoms with E-state index in [4.69, 9.17) is 4.74 Å². The molecule has 2 N–H and O–H groups in total. The Hall–Kier alpha value is -0.610. The van der Waals surface area contributed by atoms with Gasteiger partial charge in [-0.1, -0.05) is 13.8 Å². The molecule has 4 heteroatoms. The van der Waals surface area contributed by atoms with E-state index < -0.39 is 0 Å². The zero-order chi connectivity index (χ0) is 13.1. The summed E-state index contributed by atoms with van der Waals surface area (Å²) in [5.74, 6) is 0.0927. The molecule has 0 aliphatic carbocycles. The first-order valence-corrected chi connectivity index (χ1v) is 6.77. The summed E-state index contributed by atoms with van der Waals surface area (Å²) in [4.78, 5) is 11.8. The fourth-order valence-electron chi connectivity index (χ4n) is 1.55. The van der Waals surface area contributed by atoms with Crippen molar-refractivity contribution in [2.75, 3.05) is 19.8 Å². The molecule has 1 atom stereocenters. The molecule has 0 aliphatic rings. The maximum Gasteiger partial charge on any atom is 0.237 e. The van der Waals surface area contributed by atoms with Crippen LogP contribution in [0.4, 0.5) is 0 Å². The van der Waals surface area contributed by atoms with Crippen molar-refractivity contribution in [1.29, 1.82) is 0 Å². The predicted octanol–water partition coefficient (Wildman–Crippen LogP) is 1.70.